The highest BCUT2D eigenvalue weighted by Gasteiger charge is 2.26. The zero-order valence-corrected chi connectivity index (χ0v) is 13.2. The highest BCUT2D eigenvalue weighted by molar-refractivity contribution is 7.17. The molecule has 1 heterocycles. The third kappa shape index (κ3) is 3.35. The van der Waals surface area contributed by atoms with Crippen LogP contribution in [0.5, 0.6) is 0 Å². The summed E-state index contributed by atoms with van der Waals surface area (Å²) in [4.78, 5) is 19.5. The van der Waals surface area contributed by atoms with Crippen molar-refractivity contribution in [1.82, 2.24) is 4.98 Å². The van der Waals surface area contributed by atoms with Crippen LogP contribution in [-0.2, 0) is 0 Å². The number of aromatic nitrogens is 1. The first-order valence-corrected chi connectivity index (χ1v) is 8.05. The second kappa shape index (κ2) is 6.04. The van der Waals surface area contributed by atoms with Crippen LogP contribution in [0.3, 0.4) is 0 Å². The number of ketones is 1. The van der Waals surface area contributed by atoms with Crippen LogP contribution in [0.2, 0.25) is 0 Å². The van der Waals surface area contributed by atoms with Crippen LogP contribution in [0.25, 0.3) is 0 Å². The fourth-order valence-electron chi connectivity index (χ4n) is 2.82. The van der Waals surface area contributed by atoms with Crippen molar-refractivity contribution >= 4 is 22.3 Å². The second-order valence-electron chi connectivity index (χ2n) is 5.95. The molecule has 0 saturated heterocycles. The fourth-order valence-corrected chi connectivity index (χ4v) is 3.87. The maximum Gasteiger partial charge on any atom is 0.186 e. The van der Waals surface area contributed by atoms with Gasteiger partial charge in [0, 0.05) is 19.5 Å². The number of carbonyl (C=O) groups excluding carboxylic acids is 1. The Hall–Kier alpha value is -0.900. The summed E-state index contributed by atoms with van der Waals surface area (Å²) in [6.07, 6.45) is 5.17. The molecule has 1 aromatic heterocycles. The number of hydrogen-bond donors (Lipinski definition) is 0. The smallest absolute Gasteiger partial charge is 0.186 e. The van der Waals surface area contributed by atoms with E-state index in [0.717, 1.165) is 22.2 Å². The van der Waals surface area contributed by atoms with E-state index in [0.29, 0.717) is 12.0 Å². The molecule has 4 heteroatoms. The molecule has 0 N–H and O–H groups in total. The molecule has 0 unspecified atom stereocenters. The van der Waals surface area contributed by atoms with Crippen molar-refractivity contribution in [2.45, 2.75) is 59.4 Å². The van der Waals surface area contributed by atoms with Crippen molar-refractivity contribution in [3.05, 3.63) is 10.6 Å². The maximum atomic E-state index is 11.6. The average Bonchev–Trinajstić information content (AvgIpc) is 2.94. The minimum Gasteiger partial charge on any atom is -0.345 e. The quantitative estimate of drug-likeness (QED) is 0.763. The monoisotopic (exact) mass is 280 g/mol. The number of anilines is 1. The topological polar surface area (TPSA) is 33.2 Å². The lowest BCUT2D eigenvalue weighted by Gasteiger charge is -2.30. The van der Waals surface area contributed by atoms with Crippen LogP contribution in [0.1, 0.15) is 61.8 Å². The van der Waals surface area contributed by atoms with Gasteiger partial charge < -0.3 is 4.90 Å². The van der Waals surface area contributed by atoms with Crippen molar-refractivity contribution in [2.75, 3.05) is 11.4 Å². The summed E-state index contributed by atoms with van der Waals surface area (Å²) in [6.45, 7) is 9.10. The predicted octanol–water partition coefficient (Wildman–Crippen LogP) is 4.06. The molecule has 0 aliphatic heterocycles. The average molecular weight is 280 g/mol. The SMILES string of the molecule is CC(=O)c1sc(N(CC(C)C)C2CCCC2)nc1C. The molecular weight excluding hydrogens is 256 g/mol. The summed E-state index contributed by atoms with van der Waals surface area (Å²) in [5.41, 5.74) is 0.888. The van der Waals surface area contributed by atoms with Gasteiger partial charge in [0.05, 0.1) is 10.6 Å². The lowest BCUT2D eigenvalue weighted by Crippen LogP contribution is -2.36. The van der Waals surface area contributed by atoms with Gasteiger partial charge in [0.25, 0.3) is 0 Å². The van der Waals surface area contributed by atoms with Gasteiger partial charge in [-0.15, -0.1) is 0 Å². The van der Waals surface area contributed by atoms with E-state index >= 15 is 0 Å². The summed E-state index contributed by atoms with van der Waals surface area (Å²) >= 11 is 1.57. The van der Waals surface area contributed by atoms with Crippen molar-refractivity contribution in [3.63, 3.8) is 0 Å². The Kier molecular flexibility index (Phi) is 4.61. The number of rotatable bonds is 5. The summed E-state index contributed by atoms with van der Waals surface area (Å²) in [5.74, 6) is 0.753. The molecule has 0 amide bonds. The fraction of sp³-hybridized carbons (Fsp3) is 0.733. The third-order valence-electron chi connectivity index (χ3n) is 3.68. The zero-order valence-electron chi connectivity index (χ0n) is 12.4. The number of thiazole rings is 1. The van der Waals surface area contributed by atoms with Gasteiger partial charge in [-0.05, 0) is 25.7 Å². The van der Waals surface area contributed by atoms with Crippen LogP contribution in [0.15, 0.2) is 0 Å². The summed E-state index contributed by atoms with van der Waals surface area (Å²) in [7, 11) is 0. The Morgan fingerprint density at radius 3 is 2.53 bits per heavy atom. The molecule has 1 saturated carbocycles. The molecule has 2 rings (SSSR count). The second-order valence-corrected chi connectivity index (χ2v) is 6.93. The Labute approximate surface area is 120 Å². The van der Waals surface area contributed by atoms with Crippen molar-refractivity contribution in [1.29, 1.82) is 0 Å². The molecule has 0 atom stereocenters. The van der Waals surface area contributed by atoms with Crippen LogP contribution >= 0.6 is 11.3 Å². The van der Waals surface area contributed by atoms with E-state index in [1.807, 2.05) is 6.92 Å². The van der Waals surface area contributed by atoms with Crippen molar-refractivity contribution in [2.24, 2.45) is 5.92 Å². The van der Waals surface area contributed by atoms with Gasteiger partial charge in [-0.1, -0.05) is 38.0 Å². The number of carbonyl (C=O) groups is 1. The third-order valence-corrected chi connectivity index (χ3v) is 4.97. The first kappa shape index (κ1) is 14.5. The molecule has 0 bridgehead atoms. The molecule has 1 fully saturated rings. The van der Waals surface area contributed by atoms with E-state index in [1.54, 1.807) is 18.3 Å². The summed E-state index contributed by atoms with van der Waals surface area (Å²) in [5, 5.41) is 1.04. The van der Waals surface area contributed by atoms with Gasteiger partial charge in [0.15, 0.2) is 10.9 Å². The van der Waals surface area contributed by atoms with E-state index < -0.39 is 0 Å². The van der Waals surface area contributed by atoms with Crippen LogP contribution < -0.4 is 4.90 Å². The maximum absolute atomic E-state index is 11.6. The molecule has 19 heavy (non-hydrogen) atoms. The molecule has 3 nitrogen and oxygen atoms in total. The van der Waals surface area contributed by atoms with E-state index in [1.165, 1.54) is 25.7 Å². The van der Waals surface area contributed by atoms with Crippen molar-refractivity contribution < 1.29 is 4.79 Å². The summed E-state index contributed by atoms with van der Waals surface area (Å²) < 4.78 is 0. The lowest BCUT2D eigenvalue weighted by atomic mass is 10.1. The Balaban J connectivity index is 2.26. The molecular formula is C15H24N2OS. The molecule has 0 aromatic carbocycles. The Morgan fingerprint density at radius 1 is 1.42 bits per heavy atom. The predicted molar refractivity (Wildman–Crippen MR) is 81.3 cm³/mol. The molecule has 1 aliphatic carbocycles. The lowest BCUT2D eigenvalue weighted by molar-refractivity contribution is 0.102. The van der Waals surface area contributed by atoms with Crippen LogP contribution in [0.4, 0.5) is 5.13 Å². The van der Waals surface area contributed by atoms with Gasteiger partial charge in [0.2, 0.25) is 0 Å². The highest BCUT2D eigenvalue weighted by Crippen LogP contribution is 2.33. The summed E-state index contributed by atoms with van der Waals surface area (Å²) in [6, 6.07) is 0.618. The molecule has 106 valence electrons. The number of Topliss-reactive ketones (excluding diaryl/α,β-unsaturated/α-hetero) is 1. The first-order chi connectivity index (χ1) is 8.99. The van der Waals surface area contributed by atoms with Gasteiger partial charge >= 0.3 is 0 Å². The van der Waals surface area contributed by atoms with E-state index in [4.69, 9.17) is 0 Å². The van der Waals surface area contributed by atoms with Gasteiger partial charge in [-0.2, -0.15) is 0 Å². The normalized spacial score (nSPS) is 16.3. The standard InChI is InChI=1S/C15H24N2OS/c1-10(2)9-17(13-7-5-6-8-13)15-16-11(3)14(19-15)12(4)18/h10,13H,5-9H2,1-4H3. The minimum atomic E-state index is 0.136. The largest absolute Gasteiger partial charge is 0.345 e. The molecule has 1 aliphatic rings. The van der Waals surface area contributed by atoms with Gasteiger partial charge in [-0.3, -0.25) is 4.79 Å². The minimum absolute atomic E-state index is 0.136. The zero-order chi connectivity index (χ0) is 14.0. The molecule has 1 aromatic rings. The van der Waals surface area contributed by atoms with E-state index in [-0.39, 0.29) is 5.78 Å². The number of nitrogens with zero attached hydrogens (tertiary/aromatic N) is 2. The van der Waals surface area contributed by atoms with Gasteiger partial charge in [-0.25, -0.2) is 4.98 Å². The highest BCUT2D eigenvalue weighted by atomic mass is 32.1. The Bertz CT molecular complexity index is 447. The number of aryl methyl sites for hydroxylation is 1. The molecule has 0 radical (unpaired) electrons. The van der Waals surface area contributed by atoms with Gasteiger partial charge in [0.1, 0.15) is 0 Å². The first-order valence-electron chi connectivity index (χ1n) is 7.24. The van der Waals surface area contributed by atoms with Crippen molar-refractivity contribution in [3.8, 4) is 0 Å². The number of hydrogen-bond acceptors (Lipinski definition) is 4. The van der Waals surface area contributed by atoms with Crippen LogP contribution in [0, 0.1) is 12.8 Å². The molecule has 0 spiro atoms. The van der Waals surface area contributed by atoms with E-state index in [2.05, 4.69) is 23.7 Å². The van der Waals surface area contributed by atoms with Crippen LogP contribution in [-0.4, -0.2) is 23.4 Å². The Morgan fingerprint density at radius 2 is 2.05 bits per heavy atom. The van der Waals surface area contributed by atoms with E-state index in [9.17, 15) is 4.79 Å².